The van der Waals surface area contributed by atoms with E-state index in [9.17, 15) is 15.3 Å². The Morgan fingerprint density at radius 2 is 1.66 bits per heavy atom. The predicted molar refractivity (Wildman–Crippen MR) is 121 cm³/mol. The van der Waals surface area contributed by atoms with Crippen molar-refractivity contribution in [1.82, 2.24) is 0 Å². The van der Waals surface area contributed by atoms with Gasteiger partial charge in [-0.25, -0.2) is 0 Å². The number of fused-ring (bicyclic) bond motifs is 7. The number of hydrogen-bond acceptors (Lipinski definition) is 5. The lowest BCUT2D eigenvalue weighted by Gasteiger charge is -2.61. The van der Waals surface area contributed by atoms with Crippen molar-refractivity contribution in [2.45, 2.75) is 115 Å². The van der Waals surface area contributed by atoms with Gasteiger partial charge < -0.3 is 24.8 Å². The van der Waals surface area contributed by atoms with E-state index in [1.54, 1.807) is 0 Å². The smallest absolute Gasteiger partial charge is 0.172 e. The van der Waals surface area contributed by atoms with Crippen molar-refractivity contribution >= 4 is 0 Å². The molecule has 0 bridgehead atoms. The second-order valence-electron chi connectivity index (χ2n) is 13.5. The summed E-state index contributed by atoms with van der Waals surface area (Å²) >= 11 is 0. The molecule has 0 aromatic heterocycles. The lowest BCUT2D eigenvalue weighted by atomic mass is 9.44. The van der Waals surface area contributed by atoms with Crippen LogP contribution in [0.4, 0.5) is 0 Å². The first-order chi connectivity index (χ1) is 15.1. The minimum Gasteiger partial charge on any atom is -0.393 e. The van der Waals surface area contributed by atoms with Crippen molar-refractivity contribution in [2.75, 3.05) is 6.61 Å². The van der Waals surface area contributed by atoms with Crippen LogP contribution >= 0.6 is 0 Å². The summed E-state index contributed by atoms with van der Waals surface area (Å²) in [5.41, 5.74) is -0.0255. The molecule has 0 amide bonds. The van der Waals surface area contributed by atoms with Gasteiger partial charge in [-0.15, -0.1) is 0 Å². The Hall–Kier alpha value is -0.200. The fourth-order valence-corrected chi connectivity index (χ4v) is 10.4. The number of aliphatic hydroxyl groups is 3. The lowest BCUT2D eigenvalue weighted by molar-refractivity contribution is -0.262. The Bertz CT molecular complexity index is 773. The molecule has 4 aliphatic carbocycles. The minimum absolute atomic E-state index is 0.0596. The SMILES string of the molecule is C[C@H]1[C@H]2[C@H](C[C@@H]3[C@@H]4CC[C@H]5C[C@@H](O)[C@H](O)C[C@]5(C)[C@@H]4CC[C@]23C)O[C@]12CC[C@](C)(CO)O2. The highest BCUT2D eigenvalue weighted by atomic mass is 16.7. The first-order valence-corrected chi connectivity index (χ1v) is 13.4. The molecule has 2 saturated heterocycles. The zero-order chi connectivity index (χ0) is 22.7. The summed E-state index contributed by atoms with van der Waals surface area (Å²) in [7, 11) is 0. The fraction of sp³-hybridized carbons (Fsp3) is 1.00. The molecule has 5 nitrogen and oxygen atoms in total. The summed E-state index contributed by atoms with van der Waals surface area (Å²) in [5.74, 6) is 2.97. The topological polar surface area (TPSA) is 79.2 Å². The number of aliphatic hydroxyl groups excluding tert-OH is 3. The maximum absolute atomic E-state index is 10.6. The molecule has 6 fully saturated rings. The largest absolute Gasteiger partial charge is 0.393 e. The highest BCUT2D eigenvalue weighted by molar-refractivity contribution is 5.16. The van der Waals surface area contributed by atoms with Crippen molar-refractivity contribution in [3.8, 4) is 0 Å². The standard InChI is InChI=1S/C27H44O5/c1-15-23-22(31-27(15)10-9-24(2,14-28)32-27)12-19-17-6-5-16-11-20(29)21(30)13-26(16,4)18(17)7-8-25(19,23)3/h15-23,28-30H,5-14H2,1-4H3/t15-,16-,17+,18+,19+,20+,21+,22-,23-,24+,25-,26-,27-/m0/s1. The Balaban J connectivity index is 1.26. The summed E-state index contributed by atoms with van der Waals surface area (Å²) < 4.78 is 13.3. The summed E-state index contributed by atoms with van der Waals surface area (Å²) in [5, 5.41) is 30.7. The molecular weight excluding hydrogens is 404 g/mol. The van der Waals surface area contributed by atoms with Crippen LogP contribution in [0.1, 0.15) is 85.5 Å². The Morgan fingerprint density at radius 1 is 0.875 bits per heavy atom. The van der Waals surface area contributed by atoms with Gasteiger partial charge in [0.2, 0.25) is 0 Å². The molecule has 0 unspecified atom stereocenters. The van der Waals surface area contributed by atoms with E-state index in [2.05, 4.69) is 20.8 Å². The molecule has 2 heterocycles. The van der Waals surface area contributed by atoms with Crippen molar-refractivity contribution in [3.63, 3.8) is 0 Å². The summed E-state index contributed by atoms with van der Waals surface area (Å²) in [6.45, 7) is 9.41. The molecule has 0 aromatic rings. The molecule has 6 rings (SSSR count). The van der Waals surface area contributed by atoms with Crippen LogP contribution in [0.15, 0.2) is 0 Å². The molecule has 13 atom stereocenters. The summed E-state index contributed by atoms with van der Waals surface area (Å²) in [4.78, 5) is 0. The first-order valence-electron chi connectivity index (χ1n) is 13.4. The average molecular weight is 449 g/mol. The van der Waals surface area contributed by atoms with Crippen molar-refractivity contribution in [3.05, 3.63) is 0 Å². The molecule has 3 N–H and O–H groups in total. The van der Waals surface area contributed by atoms with Gasteiger partial charge in [0.1, 0.15) is 0 Å². The quantitative estimate of drug-likeness (QED) is 0.567. The molecular formula is C27H44O5. The molecule has 4 saturated carbocycles. The van der Waals surface area contributed by atoms with Gasteiger partial charge in [0.15, 0.2) is 5.79 Å². The van der Waals surface area contributed by atoms with Gasteiger partial charge in [-0.3, -0.25) is 0 Å². The molecule has 0 radical (unpaired) electrons. The van der Waals surface area contributed by atoms with E-state index in [1.807, 2.05) is 6.92 Å². The van der Waals surface area contributed by atoms with E-state index in [0.717, 1.165) is 32.1 Å². The van der Waals surface area contributed by atoms with Gasteiger partial charge in [0.05, 0.1) is 30.5 Å². The Labute approximate surface area is 193 Å². The molecule has 32 heavy (non-hydrogen) atoms. The van der Waals surface area contributed by atoms with E-state index < -0.39 is 23.6 Å². The van der Waals surface area contributed by atoms with Crippen LogP contribution in [0, 0.1) is 46.3 Å². The van der Waals surface area contributed by atoms with Crippen LogP contribution < -0.4 is 0 Å². The minimum atomic E-state index is -0.560. The zero-order valence-electron chi connectivity index (χ0n) is 20.4. The van der Waals surface area contributed by atoms with Gasteiger partial charge in [-0.05, 0) is 98.7 Å². The van der Waals surface area contributed by atoms with Crippen molar-refractivity contribution < 1.29 is 24.8 Å². The van der Waals surface area contributed by atoms with E-state index in [1.165, 1.54) is 25.7 Å². The summed E-state index contributed by atoms with van der Waals surface area (Å²) in [6, 6.07) is 0. The van der Waals surface area contributed by atoms with E-state index in [0.29, 0.717) is 35.5 Å². The van der Waals surface area contributed by atoms with Gasteiger partial charge in [0.25, 0.3) is 0 Å². The zero-order valence-corrected chi connectivity index (χ0v) is 20.4. The highest BCUT2D eigenvalue weighted by Gasteiger charge is 2.70. The van der Waals surface area contributed by atoms with Gasteiger partial charge in [-0.1, -0.05) is 20.8 Å². The molecule has 2 aliphatic heterocycles. The highest BCUT2D eigenvalue weighted by Crippen LogP contribution is 2.71. The van der Waals surface area contributed by atoms with Crippen molar-refractivity contribution in [2.24, 2.45) is 46.3 Å². The third-order valence-corrected chi connectivity index (χ3v) is 12.1. The van der Waals surface area contributed by atoms with Crippen LogP contribution in [0.5, 0.6) is 0 Å². The first kappa shape index (κ1) is 22.3. The third kappa shape index (κ3) is 2.75. The van der Waals surface area contributed by atoms with E-state index >= 15 is 0 Å². The molecule has 6 aliphatic rings. The van der Waals surface area contributed by atoms with Crippen LogP contribution in [0.2, 0.25) is 0 Å². The molecule has 182 valence electrons. The predicted octanol–water partition coefficient (Wildman–Crippen LogP) is 3.88. The maximum Gasteiger partial charge on any atom is 0.172 e. The normalized spacial score (nSPS) is 63.7. The van der Waals surface area contributed by atoms with Crippen LogP contribution in [0.25, 0.3) is 0 Å². The third-order valence-electron chi connectivity index (χ3n) is 12.1. The van der Waals surface area contributed by atoms with E-state index in [4.69, 9.17) is 9.47 Å². The van der Waals surface area contributed by atoms with Gasteiger partial charge in [-0.2, -0.15) is 0 Å². The maximum atomic E-state index is 10.6. The number of ether oxygens (including phenoxy) is 2. The fourth-order valence-electron chi connectivity index (χ4n) is 10.4. The Morgan fingerprint density at radius 3 is 2.38 bits per heavy atom. The molecule has 0 aromatic carbocycles. The van der Waals surface area contributed by atoms with Crippen LogP contribution in [-0.2, 0) is 9.47 Å². The van der Waals surface area contributed by atoms with Gasteiger partial charge >= 0.3 is 0 Å². The second-order valence-corrected chi connectivity index (χ2v) is 13.5. The average Bonchev–Trinajstić information content (AvgIpc) is 3.33. The lowest BCUT2D eigenvalue weighted by Crippen LogP contribution is -2.57. The number of rotatable bonds is 1. The van der Waals surface area contributed by atoms with Crippen LogP contribution in [-0.4, -0.2) is 51.6 Å². The molecule has 1 spiro atoms. The Kier molecular flexibility index (Phi) is 4.83. The van der Waals surface area contributed by atoms with Crippen molar-refractivity contribution in [1.29, 1.82) is 0 Å². The monoisotopic (exact) mass is 448 g/mol. The number of hydrogen-bond donors (Lipinski definition) is 3. The van der Waals surface area contributed by atoms with Gasteiger partial charge in [0, 0.05) is 12.3 Å². The summed E-state index contributed by atoms with van der Waals surface area (Å²) in [6.07, 6.45) is 8.56. The second kappa shape index (κ2) is 6.94. The van der Waals surface area contributed by atoms with Crippen LogP contribution in [0.3, 0.4) is 0 Å². The van der Waals surface area contributed by atoms with E-state index in [-0.39, 0.29) is 23.5 Å². The molecule has 5 heteroatoms.